The van der Waals surface area contributed by atoms with Gasteiger partial charge < -0.3 is 16.7 Å². The minimum absolute atomic E-state index is 0. The van der Waals surface area contributed by atoms with Crippen molar-refractivity contribution in [3.05, 3.63) is 53.4 Å². The number of hydrogen-bond donors (Lipinski definition) is 3. The van der Waals surface area contributed by atoms with Crippen molar-refractivity contribution in [2.24, 2.45) is 10.8 Å². The molecule has 3 N–H and O–H groups in total. The molecule has 1 aromatic rings. The third kappa shape index (κ3) is 7.81. The Bertz CT molecular complexity index is 816. The van der Waals surface area contributed by atoms with Crippen LogP contribution in [0.2, 0.25) is 0 Å². The van der Waals surface area contributed by atoms with E-state index in [1.165, 1.54) is 17.7 Å². The molecule has 0 heterocycles. The maximum atomic E-state index is 13.6. The number of carboxylic acid groups (broad SMARTS) is 1. The first-order chi connectivity index (χ1) is 14.5. The Labute approximate surface area is 215 Å². The van der Waals surface area contributed by atoms with E-state index >= 15 is 0 Å². The number of aliphatic carboxylic acids is 1. The molecule has 0 fully saturated rings. The zero-order valence-corrected chi connectivity index (χ0v) is 22.2. The van der Waals surface area contributed by atoms with Crippen LogP contribution in [0.25, 0.3) is 5.57 Å². The minimum atomic E-state index is -1.10. The van der Waals surface area contributed by atoms with Crippen LogP contribution < -0.4 is 29.6 Å². The first kappa shape index (κ1) is 29.1. The van der Waals surface area contributed by atoms with Crippen LogP contribution in [0, 0.1) is 16.6 Å². The molecular formula is C26H38FNaO4. The number of benzene rings is 1. The predicted octanol–water partition coefficient (Wildman–Crippen LogP) is 2.86. The van der Waals surface area contributed by atoms with Crippen molar-refractivity contribution >= 4 is 11.5 Å². The molecular weight excluding hydrogens is 418 g/mol. The molecule has 0 saturated carbocycles. The van der Waals surface area contributed by atoms with Crippen LogP contribution in [-0.4, -0.2) is 33.5 Å². The van der Waals surface area contributed by atoms with Crippen molar-refractivity contribution < 1.29 is 55.5 Å². The number of allylic oxidation sites excluding steroid dienone is 3. The topological polar surface area (TPSA) is 77.8 Å². The zero-order chi connectivity index (χ0) is 23.2. The first-order valence-corrected chi connectivity index (χ1v) is 11.3. The summed E-state index contributed by atoms with van der Waals surface area (Å²) in [4.78, 5) is 10.8. The SMILES string of the molecule is CCC1(CC)CCC(C)(C)C(C=CC(O)CC(O)CC(=O)O)=C(c2ccc(F)cc2)C1.[H-].[Na+]. The van der Waals surface area contributed by atoms with E-state index in [0.29, 0.717) is 0 Å². The van der Waals surface area contributed by atoms with Gasteiger partial charge in [0, 0.05) is 6.42 Å². The molecule has 0 radical (unpaired) electrons. The van der Waals surface area contributed by atoms with Crippen LogP contribution in [0.5, 0.6) is 0 Å². The van der Waals surface area contributed by atoms with E-state index in [0.717, 1.165) is 43.2 Å². The van der Waals surface area contributed by atoms with Crippen molar-refractivity contribution in [1.29, 1.82) is 0 Å². The van der Waals surface area contributed by atoms with Gasteiger partial charge in [-0.2, -0.15) is 0 Å². The molecule has 0 spiro atoms. The van der Waals surface area contributed by atoms with E-state index < -0.39 is 24.6 Å². The average molecular weight is 457 g/mol. The van der Waals surface area contributed by atoms with Gasteiger partial charge in [-0.1, -0.05) is 64.8 Å². The first-order valence-electron chi connectivity index (χ1n) is 11.3. The minimum Gasteiger partial charge on any atom is -1.00 e. The van der Waals surface area contributed by atoms with E-state index in [1.807, 2.05) is 18.2 Å². The summed E-state index contributed by atoms with van der Waals surface area (Å²) < 4.78 is 13.6. The van der Waals surface area contributed by atoms with Crippen LogP contribution in [0.3, 0.4) is 0 Å². The van der Waals surface area contributed by atoms with Crippen LogP contribution in [0.4, 0.5) is 4.39 Å². The van der Waals surface area contributed by atoms with Crippen molar-refractivity contribution in [1.82, 2.24) is 0 Å². The van der Waals surface area contributed by atoms with Gasteiger partial charge in [0.05, 0.1) is 18.6 Å². The summed E-state index contributed by atoms with van der Waals surface area (Å²) in [5, 5.41) is 29.0. The van der Waals surface area contributed by atoms with Crippen LogP contribution in [0.1, 0.15) is 79.6 Å². The summed E-state index contributed by atoms with van der Waals surface area (Å²) in [5.74, 6) is -1.36. The maximum Gasteiger partial charge on any atom is 1.00 e. The normalized spacial score (nSPS) is 19.8. The molecule has 1 aromatic carbocycles. The molecule has 0 aliphatic heterocycles. The summed E-state index contributed by atoms with van der Waals surface area (Å²) in [6, 6.07) is 6.61. The summed E-state index contributed by atoms with van der Waals surface area (Å²) in [6.07, 6.45) is 6.20. The Balaban J connectivity index is 0.00000512. The quantitative estimate of drug-likeness (QED) is 0.500. The second kappa shape index (κ2) is 12.5. The van der Waals surface area contributed by atoms with E-state index in [-0.39, 0.29) is 54.1 Å². The third-order valence-corrected chi connectivity index (χ3v) is 6.99. The molecule has 2 unspecified atom stereocenters. The van der Waals surface area contributed by atoms with E-state index in [1.54, 1.807) is 6.08 Å². The van der Waals surface area contributed by atoms with Crippen molar-refractivity contribution in [3.8, 4) is 0 Å². The zero-order valence-electron chi connectivity index (χ0n) is 21.2. The molecule has 4 nitrogen and oxygen atoms in total. The largest absolute Gasteiger partial charge is 1.00 e. The summed E-state index contributed by atoms with van der Waals surface area (Å²) in [6.45, 7) is 8.85. The van der Waals surface area contributed by atoms with Gasteiger partial charge in [0.15, 0.2) is 0 Å². The molecule has 6 heteroatoms. The van der Waals surface area contributed by atoms with E-state index in [9.17, 15) is 19.4 Å². The summed E-state index contributed by atoms with van der Waals surface area (Å²) >= 11 is 0. The molecule has 0 amide bonds. The second-order valence-electron chi connectivity index (χ2n) is 9.58. The second-order valence-corrected chi connectivity index (χ2v) is 9.58. The number of halogens is 1. The Hall–Kier alpha value is -0.980. The van der Waals surface area contributed by atoms with Gasteiger partial charge in [0.1, 0.15) is 5.82 Å². The van der Waals surface area contributed by atoms with Gasteiger partial charge in [-0.05, 0) is 58.9 Å². The Morgan fingerprint density at radius 1 is 1.16 bits per heavy atom. The van der Waals surface area contributed by atoms with Gasteiger partial charge in [-0.25, -0.2) is 4.39 Å². The summed E-state index contributed by atoms with van der Waals surface area (Å²) in [5.41, 5.74) is 3.29. The molecule has 0 aromatic heterocycles. The molecule has 0 bridgehead atoms. The number of carboxylic acids is 1. The molecule has 0 saturated heterocycles. The predicted molar refractivity (Wildman–Crippen MR) is 123 cm³/mol. The van der Waals surface area contributed by atoms with E-state index in [4.69, 9.17) is 5.11 Å². The Morgan fingerprint density at radius 2 is 1.75 bits per heavy atom. The van der Waals surface area contributed by atoms with E-state index in [2.05, 4.69) is 27.7 Å². The number of aliphatic hydroxyl groups is 2. The molecule has 1 aliphatic rings. The molecule has 2 rings (SSSR count). The fourth-order valence-corrected chi connectivity index (χ4v) is 4.62. The van der Waals surface area contributed by atoms with Crippen LogP contribution in [-0.2, 0) is 4.79 Å². The smallest absolute Gasteiger partial charge is 1.00 e. The van der Waals surface area contributed by atoms with Gasteiger partial charge in [0.2, 0.25) is 0 Å². The van der Waals surface area contributed by atoms with Gasteiger partial charge in [-0.15, -0.1) is 0 Å². The van der Waals surface area contributed by atoms with Crippen molar-refractivity contribution in [2.45, 2.75) is 84.8 Å². The number of carbonyl (C=O) groups is 1. The third-order valence-electron chi connectivity index (χ3n) is 6.99. The molecule has 2 atom stereocenters. The molecule has 32 heavy (non-hydrogen) atoms. The number of aliphatic hydroxyl groups excluding tert-OH is 2. The number of hydrogen-bond acceptors (Lipinski definition) is 3. The van der Waals surface area contributed by atoms with Gasteiger partial charge in [0.25, 0.3) is 0 Å². The van der Waals surface area contributed by atoms with Crippen LogP contribution in [0.15, 0.2) is 42.0 Å². The standard InChI is InChI=1S/C26H37FO4.Na.H/c1-5-26(6-2)14-13-25(3,4)23(12-11-20(28)15-21(29)16-24(30)31)22(17-26)18-7-9-19(27)10-8-18;;/h7-12,20-21,28-29H,5-6,13-17H2,1-4H3,(H,30,31);;/q;+1;-1. The fraction of sp³-hybridized carbons (Fsp3) is 0.577. The number of rotatable bonds is 9. The van der Waals surface area contributed by atoms with Crippen LogP contribution >= 0.6 is 0 Å². The van der Waals surface area contributed by atoms with Crippen molar-refractivity contribution in [2.75, 3.05) is 0 Å². The van der Waals surface area contributed by atoms with Gasteiger partial charge in [-0.3, -0.25) is 4.79 Å². The molecule has 1 aliphatic carbocycles. The molecule has 174 valence electrons. The Kier molecular flexibility index (Phi) is 11.3. The average Bonchev–Trinajstić information content (AvgIpc) is 2.80. The maximum absolute atomic E-state index is 13.6. The Morgan fingerprint density at radius 3 is 2.28 bits per heavy atom. The van der Waals surface area contributed by atoms with Gasteiger partial charge >= 0.3 is 35.5 Å². The monoisotopic (exact) mass is 456 g/mol. The fourth-order valence-electron chi connectivity index (χ4n) is 4.62. The van der Waals surface area contributed by atoms with Crippen molar-refractivity contribution in [3.63, 3.8) is 0 Å². The summed E-state index contributed by atoms with van der Waals surface area (Å²) in [7, 11) is 0.